The van der Waals surface area contributed by atoms with Crippen molar-refractivity contribution < 1.29 is 37.3 Å². The number of carboxylic acid groups (broad SMARTS) is 1. The summed E-state index contributed by atoms with van der Waals surface area (Å²) in [5.41, 5.74) is 0.0972. The first-order valence-corrected chi connectivity index (χ1v) is 11.4. The van der Waals surface area contributed by atoms with Gasteiger partial charge < -0.3 is 19.5 Å². The van der Waals surface area contributed by atoms with Gasteiger partial charge in [-0.2, -0.15) is 13.2 Å². The lowest BCUT2D eigenvalue weighted by Gasteiger charge is -2.40. The van der Waals surface area contributed by atoms with E-state index in [2.05, 4.69) is 24.0 Å². The predicted molar refractivity (Wildman–Crippen MR) is 111 cm³/mol. The average molecular weight is 479 g/mol. The molecule has 3 aliphatic heterocycles. The number of likely N-dealkylation sites (tertiary alicyclic amines) is 1. The molecule has 3 fully saturated rings. The van der Waals surface area contributed by atoms with Crippen molar-refractivity contribution >= 4 is 23.2 Å². The summed E-state index contributed by atoms with van der Waals surface area (Å²) in [6, 6.07) is 4.42. The smallest absolute Gasteiger partial charge is 0.475 e. The zero-order valence-electron chi connectivity index (χ0n) is 18.0. The molecular formula is C21H29F3N2O5S. The molecule has 11 heteroatoms. The van der Waals surface area contributed by atoms with Crippen LogP contribution in [-0.2, 0) is 25.6 Å². The summed E-state index contributed by atoms with van der Waals surface area (Å²) in [7, 11) is 0. The van der Waals surface area contributed by atoms with Gasteiger partial charge in [0, 0.05) is 61.1 Å². The van der Waals surface area contributed by atoms with Crippen LogP contribution in [0.2, 0.25) is 0 Å². The highest BCUT2D eigenvalue weighted by Crippen LogP contribution is 2.45. The topological polar surface area (TPSA) is 79.3 Å². The van der Waals surface area contributed by atoms with E-state index < -0.39 is 12.1 Å². The third-order valence-electron chi connectivity index (χ3n) is 6.25. The summed E-state index contributed by atoms with van der Waals surface area (Å²) in [6.45, 7) is 9.44. The van der Waals surface area contributed by atoms with Gasteiger partial charge in [-0.1, -0.05) is 0 Å². The van der Waals surface area contributed by atoms with E-state index in [0.29, 0.717) is 19.1 Å². The summed E-state index contributed by atoms with van der Waals surface area (Å²) in [6.07, 6.45) is -3.07. The summed E-state index contributed by atoms with van der Waals surface area (Å²) < 4.78 is 42.8. The largest absolute Gasteiger partial charge is 0.490 e. The number of morpholine rings is 1. The van der Waals surface area contributed by atoms with Crippen molar-refractivity contribution in [2.24, 2.45) is 11.3 Å². The van der Waals surface area contributed by atoms with E-state index in [1.54, 1.807) is 0 Å². The van der Waals surface area contributed by atoms with Crippen molar-refractivity contribution in [3.8, 4) is 0 Å². The van der Waals surface area contributed by atoms with Gasteiger partial charge >= 0.3 is 12.1 Å². The van der Waals surface area contributed by atoms with Crippen molar-refractivity contribution in [3.63, 3.8) is 0 Å². The second-order valence-corrected chi connectivity index (χ2v) is 9.82. The lowest BCUT2D eigenvalue weighted by atomic mass is 9.71. The quantitative estimate of drug-likeness (QED) is 0.720. The number of carbonyl (C=O) groups is 2. The number of nitrogens with zero attached hydrogens (tertiary/aromatic N) is 2. The highest BCUT2D eigenvalue weighted by Gasteiger charge is 2.51. The van der Waals surface area contributed by atoms with Crippen LogP contribution in [0, 0.1) is 18.3 Å². The maximum Gasteiger partial charge on any atom is 0.490 e. The number of ether oxygens (including phenoxy) is 2. The van der Waals surface area contributed by atoms with E-state index in [4.69, 9.17) is 19.4 Å². The second-order valence-electron chi connectivity index (χ2n) is 8.45. The number of aryl methyl sites for hydroxylation is 1. The SMILES string of the molecule is Cc1ccc(CN2CC(C(=O)N3CCOCC3)C3(CCOCC3)C2)s1.O=C(O)C(F)(F)F. The minimum atomic E-state index is -5.08. The number of amides is 1. The van der Waals surface area contributed by atoms with Crippen LogP contribution in [0.4, 0.5) is 13.2 Å². The molecule has 1 aromatic rings. The molecular weight excluding hydrogens is 449 g/mol. The molecule has 0 aromatic carbocycles. The normalized spacial score (nSPS) is 23.6. The number of carbonyl (C=O) groups excluding carboxylic acids is 1. The number of alkyl halides is 3. The van der Waals surface area contributed by atoms with Crippen LogP contribution in [-0.4, -0.2) is 85.6 Å². The van der Waals surface area contributed by atoms with Gasteiger partial charge in [0.1, 0.15) is 0 Å². The van der Waals surface area contributed by atoms with Gasteiger partial charge in [-0.3, -0.25) is 9.69 Å². The first kappa shape index (κ1) is 24.9. The van der Waals surface area contributed by atoms with Crippen LogP contribution < -0.4 is 0 Å². The summed E-state index contributed by atoms with van der Waals surface area (Å²) in [4.78, 5) is 29.5. The number of thiophene rings is 1. The Labute approximate surface area is 189 Å². The Morgan fingerprint density at radius 3 is 2.28 bits per heavy atom. The second kappa shape index (κ2) is 10.5. The standard InChI is InChI=1S/C19H28N2O3S.C2HF3O2/c1-15-2-3-16(25-15)12-20-13-17(18(22)21-6-10-24-11-7-21)19(14-20)4-8-23-9-5-19;3-2(4,5)1(6)7/h2-3,17H,4-14H2,1H3;(H,6,7). The van der Waals surface area contributed by atoms with Crippen LogP contribution in [0.15, 0.2) is 12.1 Å². The molecule has 0 bridgehead atoms. The number of halogens is 3. The Bertz CT molecular complexity index is 789. The van der Waals surface area contributed by atoms with Crippen molar-refractivity contribution in [3.05, 3.63) is 21.9 Å². The first-order valence-electron chi connectivity index (χ1n) is 10.6. The van der Waals surface area contributed by atoms with E-state index in [0.717, 1.165) is 58.8 Å². The number of hydrogen-bond donors (Lipinski definition) is 1. The molecule has 0 radical (unpaired) electrons. The monoisotopic (exact) mass is 478 g/mol. The van der Waals surface area contributed by atoms with Gasteiger partial charge in [0.15, 0.2) is 0 Å². The van der Waals surface area contributed by atoms with Gasteiger partial charge in [-0.25, -0.2) is 4.79 Å². The van der Waals surface area contributed by atoms with Crippen molar-refractivity contribution in [1.29, 1.82) is 0 Å². The van der Waals surface area contributed by atoms with Gasteiger partial charge in [0.2, 0.25) is 5.91 Å². The highest BCUT2D eigenvalue weighted by molar-refractivity contribution is 7.11. The molecule has 1 amide bonds. The van der Waals surface area contributed by atoms with Crippen LogP contribution in [0.3, 0.4) is 0 Å². The molecule has 32 heavy (non-hydrogen) atoms. The minimum Gasteiger partial charge on any atom is -0.475 e. The Morgan fingerprint density at radius 1 is 1.16 bits per heavy atom. The highest BCUT2D eigenvalue weighted by atomic mass is 32.1. The van der Waals surface area contributed by atoms with Crippen LogP contribution in [0.5, 0.6) is 0 Å². The molecule has 4 rings (SSSR count). The van der Waals surface area contributed by atoms with Gasteiger partial charge in [0.05, 0.1) is 19.1 Å². The minimum absolute atomic E-state index is 0.0972. The lowest BCUT2D eigenvalue weighted by Crippen LogP contribution is -2.49. The van der Waals surface area contributed by atoms with Crippen molar-refractivity contribution in [1.82, 2.24) is 9.80 Å². The number of rotatable bonds is 3. The number of hydrogen-bond acceptors (Lipinski definition) is 6. The van der Waals surface area contributed by atoms with Gasteiger partial charge in [-0.05, 0) is 31.9 Å². The van der Waals surface area contributed by atoms with E-state index in [1.165, 1.54) is 9.75 Å². The zero-order chi connectivity index (χ0) is 23.4. The third kappa shape index (κ3) is 6.21. The average Bonchev–Trinajstić information content (AvgIpc) is 3.31. The summed E-state index contributed by atoms with van der Waals surface area (Å²) >= 11 is 1.87. The Kier molecular flexibility index (Phi) is 8.18. The number of aliphatic carboxylic acids is 1. The molecule has 1 unspecified atom stereocenters. The van der Waals surface area contributed by atoms with Crippen molar-refractivity contribution in [2.45, 2.75) is 32.5 Å². The summed E-state index contributed by atoms with van der Waals surface area (Å²) in [5, 5.41) is 7.12. The predicted octanol–water partition coefficient (Wildman–Crippen LogP) is 2.78. The van der Waals surface area contributed by atoms with Gasteiger partial charge in [0.25, 0.3) is 0 Å². The summed E-state index contributed by atoms with van der Waals surface area (Å²) in [5.74, 6) is -2.31. The van der Waals surface area contributed by atoms with E-state index in [9.17, 15) is 18.0 Å². The Hall–Kier alpha value is -1.69. The zero-order valence-corrected chi connectivity index (χ0v) is 18.8. The van der Waals surface area contributed by atoms with Gasteiger partial charge in [-0.15, -0.1) is 11.3 Å². The maximum atomic E-state index is 13.3. The van der Waals surface area contributed by atoms with E-state index >= 15 is 0 Å². The maximum absolute atomic E-state index is 13.3. The molecule has 3 aliphatic rings. The first-order chi connectivity index (χ1) is 15.1. The van der Waals surface area contributed by atoms with Crippen molar-refractivity contribution in [2.75, 3.05) is 52.6 Å². The van der Waals surface area contributed by atoms with Crippen LogP contribution in [0.1, 0.15) is 22.6 Å². The van der Waals surface area contributed by atoms with E-state index in [-0.39, 0.29) is 11.3 Å². The third-order valence-corrected chi connectivity index (χ3v) is 7.23. The molecule has 1 N–H and O–H groups in total. The molecule has 180 valence electrons. The van der Waals surface area contributed by atoms with Crippen LogP contribution >= 0.6 is 11.3 Å². The molecule has 7 nitrogen and oxygen atoms in total. The molecule has 4 heterocycles. The molecule has 0 saturated carbocycles. The molecule has 1 aromatic heterocycles. The fraction of sp³-hybridized carbons (Fsp3) is 0.714. The Morgan fingerprint density at radius 2 is 1.75 bits per heavy atom. The number of carboxylic acids is 1. The fourth-order valence-corrected chi connectivity index (χ4v) is 5.54. The van der Waals surface area contributed by atoms with E-state index in [1.807, 2.05) is 16.2 Å². The molecule has 1 spiro atoms. The van der Waals surface area contributed by atoms with Crippen LogP contribution in [0.25, 0.3) is 0 Å². The lowest BCUT2D eigenvalue weighted by molar-refractivity contribution is -0.192. The molecule has 1 atom stereocenters. The molecule has 3 saturated heterocycles. The fourth-order valence-electron chi connectivity index (χ4n) is 4.61. The Balaban J connectivity index is 0.000000360. The molecule has 0 aliphatic carbocycles.